The highest BCUT2D eigenvalue weighted by molar-refractivity contribution is 5.43. The number of aliphatic hydroxyl groups is 1. The van der Waals surface area contributed by atoms with Crippen molar-refractivity contribution < 1.29 is 10.2 Å². The van der Waals surface area contributed by atoms with Gasteiger partial charge >= 0.3 is 0 Å². The van der Waals surface area contributed by atoms with Gasteiger partial charge in [0.1, 0.15) is 5.75 Å². The molecule has 0 aromatic heterocycles. The number of benzene rings is 2. The summed E-state index contributed by atoms with van der Waals surface area (Å²) in [5.41, 5.74) is 3.12. The SMILES string of the molecule is Cc1ccc(O)c(C(CCO)c2ccccc2)c1. The van der Waals surface area contributed by atoms with E-state index in [0.717, 1.165) is 16.7 Å². The molecule has 0 bridgehead atoms. The molecule has 1 unspecified atom stereocenters. The Bertz CT molecular complexity index is 506. The molecule has 2 rings (SSSR count). The smallest absolute Gasteiger partial charge is 0.119 e. The van der Waals surface area contributed by atoms with Crippen molar-refractivity contribution in [3.05, 3.63) is 65.2 Å². The molecule has 0 saturated carbocycles. The first kappa shape index (κ1) is 12.7. The topological polar surface area (TPSA) is 40.5 Å². The molecule has 0 radical (unpaired) electrons. The highest BCUT2D eigenvalue weighted by atomic mass is 16.3. The quantitative estimate of drug-likeness (QED) is 0.864. The number of phenols is 1. The Morgan fingerprint density at radius 1 is 1.06 bits per heavy atom. The van der Waals surface area contributed by atoms with Gasteiger partial charge in [0, 0.05) is 18.1 Å². The maximum absolute atomic E-state index is 10.0. The molecule has 2 aromatic carbocycles. The molecule has 2 N–H and O–H groups in total. The zero-order valence-electron chi connectivity index (χ0n) is 10.5. The molecule has 2 aromatic rings. The summed E-state index contributed by atoms with van der Waals surface area (Å²) in [6.45, 7) is 2.11. The van der Waals surface area contributed by atoms with Crippen LogP contribution in [0.5, 0.6) is 5.75 Å². The Kier molecular flexibility index (Phi) is 4.00. The van der Waals surface area contributed by atoms with Crippen LogP contribution in [0.2, 0.25) is 0 Å². The molecule has 0 heterocycles. The zero-order chi connectivity index (χ0) is 13.0. The molecule has 0 fully saturated rings. The molecule has 0 saturated heterocycles. The summed E-state index contributed by atoms with van der Waals surface area (Å²) in [4.78, 5) is 0. The maximum atomic E-state index is 10.0. The van der Waals surface area contributed by atoms with E-state index in [1.54, 1.807) is 6.07 Å². The van der Waals surface area contributed by atoms with Crippen molar-refractivity contribution in [1.29, 1.82) is 0 Å². The lowest BCUT2D eigenvalue weighted by atomic mass is 9.87. The highest BCUT2D eigenvalue weighted by Crippen LogP contribution is 2.34. The first-order valence-corrected chi connectivity index (χ1v) is 6.17. The molecular weight excluding hydrogens is 224 g/mol. The summed E-state index contributed by atoms with van der Waals surface area (Å²) >= 11 is 0. The van der Waals surface area contributed by atoms with Crippen LogP contribution >= 0.6 is 0 Å². The van der Waals surface area contributed by atoms with E-state index < -0.39 is 0 Å². The molecular formula is C16H18O2. The molecule has 0 amide bonds. The van der Waals surface area contributed by atoms with Crippen LogP contribution in [0.4, 0.5) is 0 Å². The van der Waals surface area contributed by atoms with Crippen molar-refractivity contribution in [1.82, 2.24) is 0 Å². The molecule has 1 atom stereocenters. The Balaban J connectivity index is 2.44. The largest absolute Gasteiger partial charge is 0.508 e. The Hall–Kier alpha value is -1.80. The molecule has 94 valence electrons. The summed E-state index contributed by atoms with van der Waals surface area (Å²) in [7, 11) is 0. The fourth-order valence-electron chi connectivity index (χ4n) is 2.27. The fourth-order valence-corrected chi connectivity index (χ4v) is 2.27. The van der Waals surface area contributed by atoms with Crippen LogP contribution in [0, 0.1) is 6.92 Å². The van der Waals surface area contributed by atoms with Gasteiger partial charge in [-0.3, -0.25) is 0 Å². The van der Waals surface area contributed by atoms with Crippen LogP contribution in [-0.4, -0.2) is 16.8 Å². The summed E-state index contributed by atoms with van der Waals surface area (Å²) in [5, 5.41) is 19.2. The van der Waals surface area contributed by atoms with E-state index >= 15 is 0 Å². The van der Waals surface area contributed by atoms with E-state index in [1.807, 2.05) is 49.4 Å². The van der Waals surface area contributed by atoms with Gasteiger partial charge in [0.05, 0.1) is 0 Å². The van der Waals surface area contributed by atoms with Gasteiger partial charge in [0.2, 0.25) is 0 Å². The Morgan fingerprint density at radius 3 is 2.44 bits per heavy atom. The van der Waals surface area contributed by atoms with Crippen LogP contribution in [0.15, 0.2) is 48.5 Å². The second-order valence-corrected chi connectivity index (χ2v) is 4.54. The number of rotatable bonds is 4. The van der Waals surface area contributed by atoms with Crippen LogP contribution in [0.1, 0.15) is 29.0 Å². The number of aryl methyl sites for hydroxylation is 1. The standard InChI is InChI=1S/C16H18O2/c1-12-7-8-16(18)15(11-12)14(9-10-17)13-5-3-2-4-6-13/h2-8,11,14,17-18H,9-10H2,1H3. The van der Waals surface area contributed by atoms with E-state index in [9.17, 15) is 10.2 Å². The Morgan fingerprint density at radius 2 is 1.78 bits per heavy atom. The van der Waals surface area contributed by atoms with Crippen molar-refractivity contribution in [2.24, 2.45) is 0 Å². The van der Waals surface area contributed by atoms with Gasteiger partial charge < -0.3 is 10.2 Å². The molecule has 0 spiro atoms. The fraction of sp³-hybridized carbons (Fsp3) is 0.250. The summed E-state index contributed by atoms with van der Waals surface area (Å²) < 4.78 is 0. The lowest BCUT2D eigenvalue weighted by Crippen LogP contribution is -2.04. The lowest BCUT2D eigenvalue weighted by molar-refractivity contribution is 0.280. The average Bonchev–Trinajstić information content (AvgIpc) is 2.40. The molecule has 0 aliphatic heterocycles. The molecule has 0 aliphatic rings. The lowest BCUT2D eigenvalue weighted by Gasteiger charge is -2.18. The van der Waals surface area contributed by atoms with Gasteiger partial charge in [0.15, 0.2) is 0 Å². The van der Waals surface area contributed by atoms with Crippen molar-refractivity contribution in [2.45, 2.75) is 19.3 Å². The summed E-state index contributed by atoms with van der Waals surface area (Å²) in [5.74, 6) is 0.332. The first-order valence-electron chi connectivity index (χ1n) is 6.17. The van der Waals surface area contributed by atoms with E-state index in [-0.39, 0.29) is 12.5 Å². The van der Waals surface area contributed by atoms with E-state index in [4.69, 9.17) is 0 Å². The second kappa shape index (κ2) is 5.69. The minimum absolute atomic E-state index is 0.0381. The number of phenolic OH excluding ortho intramolecular Hbond substituents is 1. The van der Waals surface area contributed by atoms with Crippen LogP contribution in [0.25, 0.3) is 0 Å². The van der Waals surface area contributed by atoms with Crippen LogP contribution in [-0.2, 0) is 0 Å². The predicted molar refractivity (Wildman–Crippen MR) is 72.8 cm³/mol. The van der Waals surface area contributed by atoms with Crippen molar-refractivity contribution >= 4 is 0 Å². The van der Waals surface area contributed by atoms with Gasteiger partial charge in [-0.1, -0.05) is 48.0 Å². The average molecular weight is 242 g/mol. The third kappa shape index (κ3) is 2.71. The molecule has 2 nitrogen and oxygen atoms in total. The minimum atomic E-state index is 0.0381. The molecule has 0 aliphatic carbocycles. The van der Waals surface area contributed by atoms with Crippen LogP contribution in [0.3, 0.4) is 0 Å². The normalized spacial score (nSPS) is 12.3. The van der Waals surface area contributed by atoms with Gasteiger partial charge in [-0.05, 0) is 25.0 Å². The van der Waals surface area contributed by atoms with Gasteiger partial charge in [-0.2, -0.15) is 0 Å². The van der Waals surface area contributed by atoms with Crippen molar-refractivity contribution in [3.63, 3.8) is 0 Å². The van der Waals surface area contributed by atoms with Crippen LogP contribution < -0.4 is 0 Å². The van der Waals surface area contributed by atoms with E-state index in [0.29, 0.717) is 12.2 Å². The maximum Gasteiger partial charge on any atom is 0.119 e. The predicted octanol–water partition coefficient (Wildman–Crippen LogP) is 3.21. The highest BCUT2D eigenvalue weighted by Gasteiger charge is 2.17. The third-order valence-electron chi connectivity index (χ3n) is 3.18. The number of aliphatic hydroxyl groups excluding tert-OH is 1. The van der Waals surface area contributed by atoms with E-state index in [1.165, 1.54) is 0 Å². The number of hydrogen-bond donors (Lipinski definition) is 2. The number of aromatic hydroxyl groups is 1. The molecule has 18 heavy (non-hydrogen) atoms. The summed E-state index contributed by atoms with van der Waals surface area (Å²) in [6.07, 6.45) is 0.612. The second-order valence-electron chi connectivity index (χ2n) is 4.54. The van der Waals surface area contributed by atoms with E-state index in [2.05, 4.69) is 0 Å². The van der Waals surface area contributed by atoms with Crippen molar-refractivity contribution in [2.75, 3.05) is 6.61 Å². The Labute approximate surface area is 108 Å². The first-order chi connectivity index (χ1) is 8.72. The van der Waals surface area contributed by atoms with Gasteiger partial charge in [0.25, 0.3) is 0 Å². The summed E-state index contributed by atoms with van der Waals surface area (Å²) in [6, 6.07) is 15.6. The minimum Gasteiger partial charge on any atom is -0.508 e. The third-order valence-corrected chi connectivity index (χ3v) is 3.18. The molecule has 2 heteroatoms. The van der Waals surface area contributed by atoms with Gasteiger partial charge in [-0.15, -0.1) is 0 Å². The number of hydrogen-bond acceptors (Lipinski definition) is 2. The van der Waals surface area contributed by atoms with Crippen molar-refractivity contribution in [3.8, 4) is 5.75 Å². The monoisotopic (exact) mass is 242 g/mol. The van der Waals surface area contributed by atoms with Gasteiger partial charge in [-0.25, -0.2) is 0 Å². The zero-order valence-corrected chi connectivity index (χ0v) is 10.5.